The lowest BCUT2D eigenvalue weighted by Gasteiger charge is -1.93. The van der Waals surface area contributed by atoms with Gasteiger partial charge in [-0.1, -0.05) is 30.3 Å². The first-order valence-electron chi connectivity index (χ1n) is 4.11. The summed E-state index contributed by atoms with van der Waals surface area (Å²) in [6, 6.07) is 9.65. The number of benzene rings is 1. The van der Waals surface area contributed by atoms with Crippen molar-refractivity contribution in [1.82, 2.24) is 0 Å². The van der Waals surface area contributed by atoms with E-state index in [0.717, 1.165) is 5.56 Å². The summed E-state index contributed by atoms with van der Waals surface area (Å²) < 4.78 is 9.74. The lowest BCUT2D eigenvalue weighted by Crippen LogP contribution is -2.09. The van der Waals surface area contributed by atoms with E-state index >= 15 is 0 Å². The van der Waals surface area contributed by atoms with Gasteiger partial charge < -0.3 is 9.47 Å². The van der Waals surface area contributed by atoms with Gasteiger partial charge in [0.05, 0.1) is 7.11 Å². The van der Waals surface area contributed by atoms with Crippen LogP contribution in [-0.4, -0.2) is 19.2 Å². The maximum atomic E-state index is 11.0. The van der Waals surface area contributed by atoms with Crippen molar-refractivity contribution >= 4 is 5.97 Å². The molecule has 0 aliphatic carbocycles. The van der Waals surface area contributed by atoms with Gasteiger partial charge in [0.15, 0.2) is 6.10 Å². The molecule has 2 atom stereocenters. The summed E-state index contributed by atoms with van der Waals surface area (Å²) in [6.45, 7) is 0. The molecule has 1 aromatic carbocycles. The molecule has 1 aromatic rings. The fraction of sp³-hybridized carbons (Fsp3) is 0.300. The Balaban J connectivity index is 2.04. The molecule has 0 spiro atoms. The zero-order valence-corrected chi connectivity index (χ0v) is 7.27. The predicted octanol–water partition coefficient (Wildman–Crippen LogP) is 1.30. The lowest BCUT2D eigenvalue weighted by atomic mass is 10.1. The van der Waals surface area contributed by atoms with Crippen molar-refractivity contribution in [2.75, 3.05) is 7.11 Å². The Kier molecular flexibility index (Phi) is 2.02. The molecule has 1 unspecified atom stereocenters. The fourth-order valence-corrected chi connectivity index (χ4v) is 1.30. The van der Waals surface area contributed by atoms with Crippen LogP contribution in [0.3, 0.4) is 0 Å². The second kappa shape index (κ2) is 3.18. The maximum absolute atomic E-state index is 11.0. The summed E-state index contributed by atoms with van der Waals surface area (Å²) in [6.07, 6.45) is -0.499. The van der Waals surface area contributed by atoms with E-state index in [-0.39, 0.29) is 12.1 Å². The number of ether oxygens (including phenoxy) is 2. The van der Waals surface area contributed by atoms with Gasteiger partial charge in [-0.3, -0.25) is 0 Å². The third-order valence-corrected chi connectivity index (χ3v) is 2.05. The average Bonchev–Trinajstić information content (AvgIpc) is 2.98. The van der Waals surface area contributed by atoms with Crippen molar-refractivity contribution in [1.29, 1.82) is 0 Å². The fourth-order valence-electron chi connectivity index (χ4n) is 1.30. The highest BCUT2D eigenvalue weighted by Crippen LogP contribution is 2.38. The largest absolute Gasteiger partial charge is 0.467 e. The monoisotopic (exact) mass is 178 g/mol. The van der Waals surface area contributed by atoms with E-state index in [1.165, 1.54) is 7.11 Å². The van der Waals surface area contributed by atoms with Crippen LogP contribution in [0.4, 0.5) is 0 Å². The van der Waals surface area contributed by atoms with E-state index < -0.39 is 6.10 Å². The molecule has 3 nitrogen and oxygen atoms in total. The zero-order chi connectivity index (χ0) is 9.26. The van der Waals surface area contributed by atoms with Crippen LogP contribution in [0.25, 0.3) is 0 Å². The van der Waals surface area contributed by atoms with Gasteiger partial charge in [-0.2, -0.15) is 0 Å². The molecule has 0 bridgehead atoms. The van der Waals surface area contributed by atoms with E-state index in [0.29, 0.717) is 0 Å². The predicted molar refractivity (Wildman–Crippen MR) is 46.1 cm³/mol. The average molecular weight is 178 g/mol. The minimum atomic E-state index is -0.396. The molecule has 2 rings (SSSR count). The van der Waals surface area contributed by atoms with Gasteiger partial charge in [0.25, 0.3) is 0 Å². The Morgan fingerprint density at radius 3 is 2.69 bits per heavy atom. The molecule has 0 amide bonds. The maximum Gasteiger partial charge on any atom is 0.338 e. The number of esters is 1. The number of carbonyl (C=O) groups excluding carboxylic acids is 1. The smallest absolute Gasteiger partial charge is 0.338 e. The topological polar surface area (TPSA) is 38.8 Å². The minimum absolute atomic E-state index is 0.103. The van der Waals surface area contributed by atoms with E-state index in [2.05, 4.69) is 4.74 Å². The second-order valence-electron chi connectivity index (χ2n) is 2.91. The first kappa shape index (κ1) is 8.26. The minimum Gasteiger partial charge on any atom is -0.467 e. The second-order valence-corrected chi connectivity index (χ2v) is 2.91. The Bertz CT molecular complexity index is 307. The molecule has 0 N–H and O–H groups in total. The molecule has 1 fully saturated rings. The number of carbonyl (C=O) groups is 1. The van der Waals surface area contributed by atoms with Gasteiger partial charge in [0, 0.05) is 0 Å². The third-order valence-electron chi connectivity index (χ3n) is 2.05. The van der Waals surface area contributed by atoms with Crippen LogP contribution in [-0.2, 0) is 14.3 Å². The van der Waals surface area contributed by atoms with E-state index in [4.69, 9.17) is 4.74 Å². The van der Waals surface area contributed by atoms with Crippen LogP contribution in [0.5, 0.6) is 0 Å². The first-order valence-corrected chi connectivity index (χ1v) is 4.11. The highest BCUT2D eigenvalue weighted by molar-refractivity contribution is 5.78. The molecule has 1 saturated heterocycles. The summed E-state index contributed by atoms with van der Waals surface area (Å²) >= 11 is 0. The summed E-state index contributed by atoms with van der Waals surface area (Å²) in [4.78, 5) is 11.0. The highest BCUT2D eigenvalue weighted by Gasteiger charge is 2.46. The number of rotatable bonds is 2. The SMILES string of the molecule is COC(=O)C1O[C@@H]1c1ccccc1. The van der Waals surface area contributed by atoms with E-state index in [1.807, 2.05) is 30.3 Å². The van der Waals surface area contributed by atoms with Crippen LogP contribution in [0.2, 0.25) is 0 Å². The molecule has 13 heavy (non-hydrogen) atoms. The van der Waals surface area contributed by atoms with Crippen molar-refractivity contribution in [2.24, 2.45) is 0 Å². The summed E-state index contributed by atoms with van der Waals surface area (Å²) in [5, 5.41) is 0. The standard InChI is InChI=1S/C10H10O3/c1-12-10(11)9-8(13-9)7-5-3-2-4-6-7/h2-6,8-9H,1H3/t8-,9?/m1/s1. The van der Waals surface area contributed by atoms with Crippen molar-refractivity contribution in [3.8, 4) is 0 Å². The van der Waals surface area contributed by atoms with Gasteiger partial charge in [-0.05, 0) is 5.56 Å². The Labute approximate surface area is 76.3 Å². The van der Waals surface area contributed by atoms with Gasteiger partial charge in [-0.25, -0.2) is 4.79 Å². The van der Waals surface area contributed by atoms with Crippen LogP contribution >= 0.6 is 0 Å². The molecule has 0 radical (unpaired) electrons. The normalized spacial score (nSPS) is 25.3. The van der Waals surface area contributed by atoms with Gasteiger partial charge in [-0.15, -0.1) is 0 Å². The molecule has 0 aromatic heterocycles. The van der Waals surface area contributed by atoms with Gasteiger partial charge >= 0.3 is 5.97 Å². The number of hydrogen-bond donors (Lipinski definition) is 0. The van der Waals surface area contributed by atoms with Gasteiger partial charge in [0.2, 0.25) is 0 Å². The molecular weight excluding hydrogens is 168 g/mol. The van der Waals surface area contributed by atoms with Crippen LogP contribution in [0, 0.1) is 0 Å². The Hall–Kier alpha value is -1.35. The molecule has 1 aliphatic heterocycles. The molecule has 1 heterocycles. The molecule has 0 saturated carbocycles. The highest BCUT2D eigenvalue weighted by atomic mass is 16.6. The third kappa shape index (κ3) is 1.55. The van der Waals surface area contributed by atoms with Crippen LogP contribution in [0.1, 0.15) is 11.7 Å². The quantitative estimate of drug-likeness (QED) is 0.506. The molecular formula is C10H10O3. The van der Waals surface area contributed by atoms with Crippen LogP contribution in [0.15, 0.2) is 30.3 Å². The summed E-state index contributed by atoms with van der Waals surface area (Å²) in [5.41, 5.74) is 1.03. The van der Waals surface area contributed by atoms with Crippen molar-refractivity contribution in [3.05, 3.63) is 35.9 Å². The number of methoxy groups -OCH3 is 1. The molecule has 1 aliphatic rings. The summed E-state index contributed by atoms with van der Waals surface area (Å²) in [7, 11) is 1.37. The molecule has 3 heteroatoms. The van der Waals surface area contributed by atoms with Crippen molar-refractivity contribution in [3.63, 3.8) is 0 Å². The lowest BCUT2D eigenvalue weighted by molar-refractivity contribution is -0.142. The number of hydrogen-bond acceptors (Lipinski definition) is 3. The van der Waals surface area contributed by atoms with E-state index in [9.17, 15) is 4.79 Å². The Morgan fingerprint density at radius 1 is 1.38 bits per heavy atom. The van der Waals surface area contributed by atoms with Crippen molar-refractivity contribution in [2.45, 2.75) is 12.2 Å². The van der Waals surface area contributed by atoms with Crippen molar-refractivity contribution < 1.29 is 14.3 Å². The van der Waals surface area contributed by atoms with E-state index in [1.54, 1.807) is 0 Å². The van der Waals surface area contributed by atoms with Gasteiger partial charge in [0.1, 0.15) is 6.10 Å². The van der Waals surface area contributed by atoms with Crippen LogP contribution < -0.4 is 0 Å². The summed E-state index contributed by atoms with van der Waals surface area (Å²) in [5.74, 6) is -0.297. The first-order chi connectivity index (χ1) is 6.33. The number of epoxide rings is 1. The Morgan fingerprint density at radius 2 is 2.08 bits per heavy atom. The zero-order valence-electron chi connectivity index (χ0n) is 7.27. The molecule has 68 valence electrons.